The lowest BCUT2D eigenvalue weighted by Crippen LogP contribution is -2.56. The maximum Gasteiger partial charge on any atom is 0.282 e. The van der Waals surface area contributed by atoms with E-state index in [0.29, 0.717) is 59.7 Å². The predicted octanol–water partition coefficient (Wildman–Crippen LogP) is 5.43. The molecule has 0 saturated carbocycles. The highest BCUT2D eigenvalue weighted by atomic mass is 35.5. The number of nitrogens with zero attached hydrogens (tertiary/aromatic N) is 4. The van der Waals surface area contributed by atoms with Gasteiger partial charge in [0, 0.05) is 36.2 Å². The average Bonchev–Trinajstić information content (AvgIpc) is 2.92. The standard InChI is InChI=1S/C27H27Cl2F2N5O4/c1-4-16(37)7-14-5-6-40-11-18(14)34-26-32-10-15-8-17(21-22(28)19(38-2)9-20(39-3)23(21)29)33-25(24(15)35-26)36-12-27(30,31)13-36/h4,8-10,14,18H,1,5-7,11-13H2,2-3H3,(H,32,34,35)/t14-,18-/m1/s1. The summed E-state index contributed by atoms with van der Waals surface area (Å²) in [6, 6.07) is 3.01. The normalized spacial score (nSPS) is 20.1. The van der Waals surface area contributed by atoms with Crippen molar-refractivity contribution in [3.05, 3.63) is 41.0 Å². The number of methoxy groups -OCH3 is 2. The van der Waals surface area contributed by atoms with E-state index in [-0.39, 0.29) is 39.6 Å². The Labute approximate surface area is 239 Å². The minimum absolute atomic E-state index is 0.0000766. The van der Waals surface area contributed by atoms with Crippen LogP contribution in [0.2, 0.25) is 10.0 Å². The molecule has 0 aliphatic carbocycles. The van der Waals surface area contributed by atoms with Crippen molar-refractivity contribution in [1.82, 2.24) is 15.0 Å². The molecule has 2 atom stereocenters. The highest BCUT2D eigenvalue weighted by Gasteiger charge is 2.45. The van der Waals surface area contributed by atoms with Gasteiger partial charge in [-0.2, -0.15) is 0 Å². The molecule has 2 aliphatic heterocycles. The number of fused-ring (bicyclic) bond motifs is 1. The van der Waals surface area contributed by atoms with Crippen LogP contribution >= 0.6 is 23.2 Å². The molecule has 2 aromatic heterocycles. The summed E-state index contributed by atoms with van der Waals surface area (Å²) < 4.78 is 44.3. The number of aromatic nitrogens is 3. The summed E-state index contributed by atoms with van der Waals surface area (Å²) in [4.78, 5) is 27.3. The summed E-state index contributed by atoms with van der Waals surface area (Å²) in [6.07, 6.45) is 3.90. The maximum atomic E-state index is 13.9. The summed E-state index contributed by atoms with van der Waals surface area (Å²) in [6.45, 7) is 3.44. The lowest BCUT2D eigenvalue weighted by molar-refractivity contribution is -0.116. The number of rotatable bonds is 9. The number of benzene rings is 1. The van der Waals surface area contributed by atoms with Crippen LogP contribution in [0.4, 0.5) is 20.5 Å². The number of alkyl halides is 2. The van der Waals surface area contributed by atoms with E-state index in [0.717, 1.165) is 0 Å². The fraction of sp³-hybridized carbons (Fsp3) is 0.407. The van der Waals surface area contributed by atoms with Gasteiger partial charge in [0.05, 0.1) is 55.7 Å². The molecule has 0 unspecified atom stereocenters. The molecular formula is C27H27Cl2F2N5O4. The first-order chi connectivity index (χ1) is 19.1. The van der Waals surface area contributed by atoms with Crippen molar-refractivity contribution in [3.63, 3.8) is 0 Å². The molecule has 13 heteroatoms. The van der Waals surface area contributed by atoms with Crippen LogP contribution in [0.15, 0.2) is 31.0 Å². The summed E-state index contributed by atoms with van der Waals surface area (Å²) in [5, 5.41) is 4.18. The van der Waals surface area contributed by atoms with Gasteiger partial charge in [-0.3, -0.25) is 4.79 Å². The van der Waals surface area contributed by atoms with Crippen LogP contribution in [0.1, 0.15) is 12.8 Å². The molecule has 2 aliphatic rings. The Balaban J connectivity index is 1.58. The molecule has 212 valence electrons. The number of carbonyl (C=O) groups is 1. The minimum Gasteiger partial charge on any atom is -0.495 e. The third kappa shape index (κ3) is 5.50. The monoisotopic (exact) mass is 593 g/mol. The number of ether oxygens (including phenoxy) is 3. The fourth-order valence-electron chi connectivity index (χ4n) is 4.91. The van der Waals surface area contributed by atoms with E-state index < -0.39 is 19.0 Å². The van der Waals surface area contributed by atoms with Crippen molar-refractivity contribution in [2.24, 2.45) is 5.92 Å². The first kappa shape index (κ1) is 28.3. The fourth-order valence-corrected chi connectivity index (χ4v) is 5.60. The lowest BCUT2D eigenvalue weighted by atomic mass is 9.90. The number of nitrogens with one attached hydrogen (secondary N) is 1. The van der Waals surface area contributed by atoms with E-state index in [1.54, 1.807) is 18.3 Å². The van der Waals surface area contributed by atoms with E-state index in [1.165, 1.54) is 25.2 Å². The summed E-state index contributed by atoms with van der Waals surface area (Å²) in [7, 11) is 2.91. The Bertz CT molecular complexity index is 1440. The number of carbonyl (C=O) groups excluding carboxylic acids is 1. The van der Waals surface area contributed by atoms with Gasteiger partial charge < -0.3 is 24.4 Å². The summed E-state index contributed by atoms with van der Waals surface area (Å²) >= 11 is 13.3. The van der Waals surface area contributed by atoms with Crippen molar-refractivity contribution in [1.29, 1.82) is 0 Å². The number of allylic oxidation sites excluding steroid dienone is 1. The third-order valence-electron chi connectivity index (χ3n) is 7.03. The van der Waals surface area contributed by atoms with E-state index in [2.05, 4.69) is 21.9 Å². The van der Waals surface area contributed by atoms with Crippen LogP contribution in [-0.2, 0) is 9.53 Å². The number of hydrogen-bond donors (Lipinski definition) is 1. The van der Waals surface area contributed by atoms with Crippen LogP contribution in [0.5, 0.6) is 11.5 Å². The largest absolute Gasteiger partial charge is 0.495 e. The zero-order valence-corrected chi connectivity index (χ0v) is 23.4. The van der Waals surface area contributed by atoms with Crippen molar-refractivity contribution in [2.45, 2.75) is 24.8 Å². The zero-order valence-electron chi connectivity index (χ0n) is 21.8. The molecule has 1 aromatic carbocycles. The molecule has 2 saturated heterocycles. The van der Waals surface area contributed by atoms with Gasteiger partial charge in [-0.15, -0.1) is 0 Å². The first-order valence-electron chi connectivity index (χ1n) is 12.5. The Morgan fingerprint density at radius 2 is 1.93 bits per heavy atom. The van der Waals surface area contributed by atoms with E-state index in [1.807, 2.05) is 0 Å². The topological polar surface area (TPSA) is 98.7 Å². The van der Waals surface area contributed by atoms with Gasteiger partial charge in [0.15, 0.2) is 11.6 Å². The molecule has 2 fully saturated rings. The number of hydrogen-bond acceptors (Lipinski definition) is 9. The number of ketones is 1. The van der Waals surface area contributed by atoms with Crippen LogP contribution in [0.25, 0.3) is 22.2 Å². The second kappa shape index (κ2) is 11.3. The van der Waals surface area contributed by atoms with E-state index in [4.69, 9.17) is 42.4 Å². The van der Waals surface area contributed by atoms with Crippen LogP contribution in [0, 0.1) is 5.92 Å². The molecule has 0 bridgehead atoms. The Hall–Kier alpha value is -3.28. The average molecular weight is 594 g/mol. The van der Waals surface area contributed by atoms with Crippen LogP contribution < -0.4 is 19.7 Å². The Morgan fingerprint density at radius 1 is 1.23 bits per heavy atom. The molecule has 1 N–H and O–H groups in total. The van der Waals surface area contributed by atoms with Crippen molar-refractivity contribution >= 4 is 51.7 Å². The second-order valence-electron chi connectivity index (χ2n) is 9.71. The molecule has 9 nitrogen and oxygen atoms in total. The van der Waals surface area contributed by atoms with Gasteiger partial charge in [-0.25, -0.2) is 23.7 Å². The third-order valence-corrected chi connectivity index (χ3v) is 7.78. The Morgan fingerprint density at radius 3 is 2.55 bits per heavy atom. The van der Waals surface area contributed by atoms with Gasteiger partial charge >= 0.3 is 0 Å². The van der Waals surface area contributed by atoms with Crippen molar-refractivity contribution in [2.75, 3.05) is 50.7 Å². The molecule has 5 rings (SSSR count). The van der Waals surface area contributed by atoms with Crippen LogP contribution in [0.3, 0.4) is 0 Å². The van der Waals surface area contributed by atoms with Crippen LogP contribution in [-0.4, -0.2) is 73.2 Å². The highest BCUT2D eigenvalue weighted by molar-refractivity contribution is 6.41. The molecule has 4 heterocycles. The number of pyridine rings is 1. The van der Waals surface area contributed by atoms with Gasteiger partial charge in [0.2, 0.25) is 5.95 Å². The van der Waals surface area contributed by atoms with Gasteiger partial charge in [0.25, 0.3) is 5.92 Å². The molecular weight excluding hydrogens is 567 g/mol. The molecule has 0 spiro atoms. The molecule has 3 aromatic rings. The lowest BCUT2D eigenvalue weighted by Gasteiger charge is -2.40. The quantitative estimate of drug-likeness (QED) is 0.325. The van der Waals surface area contributed by atoms with E-state index in [9.17, 15) is 13.6 Å². The smallest absolute Gasteiger partial charge is 0.282 e. The number of halogens is 4. The first-order valence-corrected chi connectivity index (χ1v) is 13.3. The second-order valence-corrected chi connectivity index (χ2v) is 10.5. The van der Waals surface area contributed by atoms with Crippen molar-refractivity contribution in [3.8, 4) is 22.8 Å². The maximum absolute atomic E-state index is 13.9. The zero-order chi connectivity index (χ0) is 28.6. The van der Waals surface area contributed by atoms with Gasteiger partial charge in [0.1, 0.15) is 17.0 Å². The molecule has 0 amide bonds. The summed E-state index contributed by atoms with van der Waals surface area (Å²) in [5.41, 5.74) is 1.01. The molecule has 0 radical (unpaired) electrons. The van der Waals surface area contributed by atoms with Gasteiger partial charge in [-0.1, -0.05) is 29.8 Å². The minimum atomic E-state index is -2.85. The van der Waals surface area contributed by atoms with Gasteiger partial charge in [-0.05, 0) is 24.5 Å². The molecule has 40 heavy (non-hydrogen) atoms. The van der Waals surface area contributed by atoms with Crippen molar-refractivity contribution < 1.29 is 27.8 Å². The predicted molar refractivity (Wildman–Crippen MR) is 149 cm³/mol. The summed E-state index contributed by atoms with van der Waals surface area (Å²) in [5.74, 6) is -1.78. The number of anilines is 2. The highest BCUT2D eigenvalue weighted by Crippen LogP contribution is 2.47. The van der Waals surface area contributed by atoms with E-state index >= 15 is 0 Å². The SMILES string of the molecule is C=CC(=O)C[C@H]1CCOC[C@H]1Nc1ncc2cc(-c3c(Cl)c(OC)cc(OC)c3Cl)nc(N3CC(F)(F)C3)c2n1. The Kier molecular flexibility index (Phi) is 7.98.